The second-order valence-electron chi connectivity index (χ2n) is 3.52. The topological polar surface area (TPSA) is 20.2 Å². The number of phenolic OH excluding ortho intramolecular Hbond substituents is 1. The quantitative estimate of drug-likeness (QED) is 0.658. The first-order chi connectivity index (χ1) is 5.18. The zero-order valence-electron chi connectivity index (χ0n) is 6.89. The first kappa shape index (κ1) is 6.71. The second kappa shape index (κ2) is 2.00. The molecule has 0 radical (unpaired) electrons. The third-order valence-corrected chi connectivity index (χ3v) is 2.34. The molecule has 0 saturated carbocycles. The summed E-state index contributed by atoms with van der Waals surface area (Å²) in [6.07, 6.45) is 0.974. The highest BCUT2D eigenvalue weighted by Gasteiger charge is 2.20. The number of benzene rings is 1. The molecule has 0 fully saturated rings. The van der Waals surface area contributed by atoms with Gasteiger partial charge < -0.3 is 5.11 Å². The summed E-state index contributed by atoms with van der Waals surface area (Å²) < 4.78 is 0. The molecule has 0 aliphatic heterocycles. The van der Waals surface area contributed by atoms with Gasteiger partial charge in [0, 0.05) is 6.42 Å². The fourth-order valence-electron chi connectivity index (χ4n) is 1.49. The van der Waals surface area contributed by atoms with Crippen LogP contribution in [-0.2, 0) is 6.42 Å². The highest BCUT2D eigenvalue weighted by Crippen LogP contribution is 2.38. The van der Waals surface area contributed by atoms with Crippen LogP contribution in [0.2, 0.25) is 0 Å². The average Bonchev–Trinajstić information content (AvgIpc) is 2.03. The van der Waals surface area contributed by atoms with Gasteiger partial charge in [-0.05, 0) is 22.6 Å². The van der Waals surface area contributed by atoms with E-state index in [1.54, 1.807) is 0 Å². The van der Waals surface area contributed by atoms with Crippen LogP contribution in [-0.4, -0.2) is 5.11 Å². The Morgan fingerprint density at radius 1 is 1.27 bits per heavy atom. The molecule has 1 N–H and O–H groups in total. The van der Waals surface area contributed by atoms with E-state index in [0.717, 1.165) is 17.5 Å². The molecule has 3 rings (SSSR count). The Labute approximate surface area is 66.7 Å². The summed E-state index contributed by atoms with van der Waals surface area (Å²) in [7, 11) is 0. The Bertz CT molecular complexity index is 277. The van der Waals surface area contributed by atoms with Crippen LogP contribution in [0.15, 0.2) is 12.1 Å². The predicted octanol–water partition coefficient (Wildman–Crippen LogP) is 2.42. The van der Waals surface area contributed by atoms with Crippen molar-refractivity contribution in [3.8, 4) is 5.75 Å². The number of hydrogen-bond acceptors (Lipinski definition) is 1. The van der Waals surface area contributed by atoms with E-state index < -0.39 is 0 Å². The number of fused-ring (bicyclic) bond motifs is 2. The Morgan fingerprint density at radius 3 is 2.18 bits per heavy atom. The predicted molar refractivity (Wildman–Crippen MR) is 45.0 cm³/mol. The lowest BCUT2D eigenvalue weighted by Crippen LogP contribution is -2.05. The molecule has 1 nitrogen and oxygen atoms in total. The molecule has 58 valence electrons. The maximum atomic E-state index is 9.29. The van der Waals surface area contributed by atoms with Crippen molar-refractivity contribution < 1.29 is 5.11 Å². The van der Waals surface area contributed by atoms with E-state index in [0.29, 0.717) is 11.7 Å². The van der Waals surface area contributed by atoms with Gasteiger partial charge in [-0.3, -0.25) is 0 Å². The fraction of sp³-hybridized carbons (Fsp3) is 0.400. The molecule has 1 aromatic rings. The molecule has 0 unspecified atom stereocenters. The van der Waals surface area contributed by atoms with Crippen molar-refractivity contribution in [2.24, 2.45) is 0 Å². The zero-order chi connectivity index (χ0) is 8.01. The van der Waals surface area contributed by atoms with Crippen molar-refractivity contribution in [3.63, 3.8) is 0 Å². The number of phenols is 1. The minimum Gasteiger partial charge on any atom is -0.507 e. The van der Waals surface area contributed by atoms with E-state index in [-0.39, 0.29) is 0 Å². The maximum absolute atomic E-state index is 9.29. The third kappa shape index (κ3) is 0.839. The molecule has 1 heteroatoms. The Balaban J connectivity index is 2.46. The largest absolute Gasteiger partial charge is 0.507 e. The summed E-state index contributed by atoms with van der Waals surface area (Å²) in [6.45, 7) is 4.34. The fourth-order valence-corrected chi connectivity index (χ4v) is 1.49. The summed E-state index contributed by atoms with van der Waals surface area (Å²) in [5, 5.41) is 9.29. The van der Waals surface area contributed by atoms with Gasteiger partial charge in [-0.2, -0.15) is 0 Å². The van der Waals surface area contributed by atoms with Gasteiger partial charge in [-0.1, -0.05) is 26.0 Å². The Hall–Kier alpha value is -0.980. The van der Waals surface area contributed by atoms with Gasteiger partial charge in [0.15, 0.2) is 0 Å². The van der Waals surface area contributed by atoms with E-state index in [9.17, 15) is 5.11 Å². The normalized spacial score (nSPS) is 13.4. The highest BCUT2D eigenvalue weighted by molar-refractivity contribution is 5.55. The van der Waals surface area contributed by atoms with Crippen LogP contribution in [0.4, 0.5) is 0 Å². The molecular weight excluding hydrogens is 136 g/mol. The Morgan fingerprint density at radius 2 is 1.82 bits per heavy atom. The van der Waals surface area contributed by atoms with E-state index in [1.807, 2.05) is 0 Å². The van der Waals surface area contributed by atoms with Crippen molar-refractivity contribution in [1.82, 2.24) is 0 Å². The van der Waals surface area contributed by atoms with Crippen LogP contribution >= 0.6 is 0 Å². The number of hydrogen-bond donors (Lipinski definition) is 1. The molecule has 11 heavy (non-hydrogen) atoms. The summed E-state index contributed by atoms with van der Waals surface area (Å²) in [6, 6.07) is 4.21. The lowest BCUT2D eigenvalue weighted by molar-refractivity contribution is 0.448. The van der Waals surface area contributed by atoms with Crippen LogP contribution in [0.25, 0.3) is 0 Å². The summed E-state index contributed by atoms with van der Waals surface area (Å²) in [5.74, 6) is 1.10. The number of aromatic hydroxyl groups is 1. The third-order valence-electron chi connectivity index (χ3n) is 2.34. The van der Waals surface area contributed by atoms with Crippen molar-refractivity contribution >= 4 is 0 Å². The summed E-state index contributed by atoms with van der Waals surface area (Å²) in [4.78, 5) is 0. The van der Waals surface area contributed by atoms with Gasteiger partial charge in [-0.25, -0.2) is 0 Å². The zero-order valence-corrected chi connectivity index (χ0v) is 6.89. The van der Waals surface area contributed by atoms with Gasteiger partial charge in [0.2, 0.25) is 0 Å². The van der Waals surface area contributed by atoms with Gasteiger partial charge in [0.05, 0.1) is 0 Å². The second-order valence-corrected chi connectivity index (χ2v) is 3.52. The molecule has 2 aliphatic carbocycles. The molecule has 0 aromatic heterocycles. The lowest BCUT2D eigenvalue weighted by Gasteiger charge is -2.22. The minimum atomic E-state index is 0.523. The van der Waals surface area contributed by atoms with Gasteiger partial charge in [-0.15, -0.1) is 0 Å². The first-order valence-corrected chi connectivity index (χ1v) is 4.03. The van der Waals surface area contributed by atoms with Crippen LogP contribution in [0.5, 0.6) is 5.75 Å². The SMILES string of the molecule is CC(C)c1cc2c(O)c(c1)C2. The van der Waals surface area contributed by atoms with Gasteiger partial charge in [0.25, 0.3) is 0 Å². The van der Waals surface area contributed by atoms with Crippen molar-refractivity contribution in [2.45, 2.75) is 26.2 Å². The molecule has 2 bridgehead atoms. The van der Waals surface area contributed by atoms with Crippen LogP contribution in [0.3, 0.4) is 0 Å². The minimum absolute atomic E-state index is 0.523. The van der Waals surface area contributed by atoms with E-state index >= 15 is 0 Å². The molecule has 1 aromatic carbocycles. The monoisotopic (exact) mass is 148 g/mol. The molecule has 0 spiro atoms. The van der Waals surface area contributed by atoms with E-state index in [2.05, 4.69) is 26.0 Å². The van der Waals surface area contributed by atoms with Crippen molar-refractivity contribution in [2.75, 3.05) is 0 Å². The number of rotatable bonds is 1. The highest BCUT2D eigenvalue weighted by atomic mass is 16.3. The van der Waals surface area contributed by atoms with Crippen LogP contribution in [0, 0.1) is 0 Å². The maximum Gasteiger partial charge on any atom is 0.122 e. The molecule has 0 saturated heterocycles. The molecular formula is C10H12O. The molecule has 2 aliphatic rings. The lowest BCUT2D eigenvalue weighted by atomic mass is 9.85. The molecule has 0 atom stereocenters. The van der Waals surface area contributed by atoms with Crippen LogP contribution < -0.4 is 0 Å². The average molecular weight is 148 g/mol. The van der Waals surface area contributed by atoms with Crippen LogP contribution in [0.1, 0.15) is 36.5 Å². The van der Waals surface area contributed by atoms with Crippen molar-refractivity contribution in [3.05, 3.63) is 28.8 Å². The van der Waals surface area contributed by atoms with Crippen molar-refractivity contribution in [1.29, 1.82) is 0 Å². The summed E-state index contributed by atoms with van der Waals surface area (Å²) >= 11 is 0. The summed E-state index contributed by atoms with van der Waals surface area (Å²) in [5.41, 5.74) is 3.58. The molecule has 0 amide bonds. The van der Waals surface area contributed by atoms with Gasteiger partial charge >= 0.3 is 0 Å². The van der Waals surface area contributed by atoms with Gasteiger partial charge in [0.1, 0.15) is 5.75 Å². The standard InChI is InChI=1S/C10H12O/c1-6(2)7-3-8-5-9(4-7)10(8)11/h3-4,6,11H,5H2,1-2H3. The Kier molecular flexibility index (Phi) is 1.22. The van der Waals surface area contributed by atoms with E-state index in [1.165, 1.54) is 5.56 Å². The molecule has 0 heterocycles. The smallest absolute Gasteiger partial charge is 0.122 e. The first-order valence-electron chi connectivity index (χ1n) is 4.03. The van der Waals surface area contributed by atoms with E-state index in [4.69, 9.17) is 0 Å².